The maximum atomic E-state index is 14.5. The SMILES string of the molecule is C.C.COC(=O)c1ccc2ncc(-n3cc(-c4cc(C(=O)NC5CC5)c(F)cc4C)cn3)n2c1.Cc1cc(F)c(C(=O)NC2CC2)cc1-c1cnn(-c2cnc3ccc(C(=O)O)cn23)c1. The molecule has 65 heavy (non-hydrogen) atoms. The van der Waals surface area contributed by atoms with Gasteiger partial charge in [0.1, 0.15) is 22.9 Å². The number of hydrogen-bond acceptors (Lipinski definition) is 9. The summed E-state index contributed by atoms with van der Waals surface area (Å²) in [5, 5.41) is 23.7. The van der Waals surface area contributed by atoms with Gasteiger partial charge in [0.05, 0.1) is 54.2 Å². The molecule has 0 bridgehead atoms. The number of benzene rings is 2. The lowest BCUT2D eigenvalue weighted by Crippen LogP contribution is -2.26. The van der Waals surface area contributed by atoms with Gasteiger partial charge in [-0.15, -0.1) is 0 Å². The van der Waals surface area contributed by atoms with Crippen molar-refractivity contribution in [1.29, 1.82) is 0 Å². The molecule has 2 amide bonds. The molecular weight excluding hydrogens is 839 g/mol. The number of pyridine rings is 2. The van der Waals surface area contributed by atoms with Crippen molar-refractivity contribution in [3.05, 3.63) is 143 Å². The Balaban J connectivity index is 0.000000188. The highest BCUT2D eigenvalue weighted by Crippen LogP contribution is 2.30. The molecule has 6 aromatic heterocycles. The average molecular weight is 885 g/mol. The predicted octanol–water partition coefficient (Wildman–Crippen LogP) is 7.81. The molecule has 3 N–H and O–H groups in total. The van der Waals surface area contributed by atoms with Crippen molar-refractivity contribution in [1.82, 2.24) is 49.0 Å². The second-order valence-electron chi connectivity index (χ2n) is 15.5. The number of carbonyl (C=O) groups is 4. The number of imidazole rings is 2. The summed E-state index contributed by atoms with van der Waals surface area (Å²) in [5.74, 6) is -2.26. The molecule has 0 spiro atoms. The maximum Gasteiger partial charge on any atom is 0.339 e. The number of methoxy groups -OCH3 is 1. The Bertz CT molecular complexity index is 3140. The quantitative estimate of drug-likeness (QED) is 0.114. The lowest BCUT2D eigenvalue weighted by atomic mass is 9.99. The molecule has 8 aromatic rings. The van der Waals surface area contributed by atoms with Crippen LogP contribution in [0.25, 0.3) is 45.2 Å². The summed E-state index contributed by atoms with van der Waals surface area (Å²) in [4.78, 5) is 56.7. The average Bonchev–Trinajstić information content (AvgIpc) is 3.98. The molecule has 2 aromatic carbocycles. The summed E-state index contributed by atoms with van der Waals surface area (Å²) in [5.41, 5.74) is 5.93. The van der Waals surface area contributed by atoms with Crippen LogP contribution in [0, 0.1) is 25.5 Å². The van der Waals surface area contributed by atoms with Gasteiger partial charge in [0.15, 0.2) is 11.6 Å². The Kier molecular flexibility index (Phi) is 12.5. The van der Waals surface area contributed by atoms with Gasteiger partial charge in [0.25, 0.3) is 11.8 Å². The van der Waals surface area contributed by atoms with Crippen molar-refractivity contribution in [3.8, 4) is 33.9 Å². The van der Waals surface area contributed by atoms with Gasteiger partial charge in [-0.3, -0.25) is 18.4 Å². The van der Waals surface area contributed by atoms with Gasteiger partial charge in [0, 0.05) is 48.0 Å². The number of aryl methyl sites for hydroxylation is 2. The lowest BCUT2D eigenvalue weighted by Gasteiger charge is -2.09. The minimum absolute atomic E-state index is 0. The van der Waals surface area contributed by atoms with Crippen molar-refractivity contribution in [2.75, 3.05) is 7.11 Å². The van der Waals surface area contributed by atoms with Crippen LogP contribution in [-0.2, 0) is 4.74 Å². The van der Waals surface area contributed by atoms with Crippen LogP contribution in [-0.4, -0.2) is 86.4 Å². The number of aromatic carboxylic acids is 1. The van der Waals surface area contributed by atoms with Crippen molar-refractivity contribution < 1.29 is 37.8 Å². The van der Waals surface area contributed by atoms with E-state index in [1.54, 1.807) is 106 Å². The molecule has 2 saturated carbocycles. The van der Waals surface area contributed by atoms with E-state index in [1.165, 1.54) is 31.5 Å². The molecule has 0 radical (unpaired) electrons. The molecule has 334 valence electrons. The smallest absolute Gasteiger partial charge is 0.339 e. The van der Waals surface area contributed by atoms with E-state index < -0.39 is 35.4 Å². The summed E-state index contributed by atoms with van der Waals surface area (Å²) in [7, 11) is 1.32. The summed E-state index contributed by atoms with van der Waals surface area (Å²) in [6, 6.07) is 12.6. The number of carboxylic acid groups (broad SMARTS) is 1. The number of hydrogen-bond donors (Lipinski definition) is 3. The molecule has 18 heteroatoms. The second-order valence-corrected chi connectivity index (χ2v) is 15.5. The van der Waals surface area contributed by atoms with Crippen LogP contribution >= 0.6 is 0 Å². The van der Waals surface area contributed by atoms with Crippen LogP contribution in [0.2, 0.25) is 0 Å². The Morgan fingerprint density at radius 3 is 1.49 bits per heavy atom. The molecule has 0 saturated heterocycles. The Labute approximate surface area is 371 Å². The molecule has 0 unspecified atom stereocenters. The molecule has 2 fully saturated rings. The summed E-state index contributed by atoms with van der Waals surface area (Å²) >= 11 is 0. The topological polar surface area (TPSA) is 192 Å². The van der Waals surface area contributed by atoms with Crippen LogP contribution in [0.4, 0.5) is 8.78 Å². The highest BCUT2D eigenvalue weighted by molar-refractivity contribution is 5.97. The van der Waals surface area contributed by atoms with E-state index in [-0.39, 0.29) is 43.6 Å². The number of ether oxygens (including phenoxy) is 1. The number of rotatable bonds is 10. The zero-order chi connectivity index (χ0) is 44.1. The Morgan fingerprint density at radius 1 is 0.646 bits per heavy atom. The molecule has 16 nitrogen and oxygen atoms in total. The lowest BCUT2D eigenvalue weighted by molar-refractivity contribution is 0.0599. The van der Waals surface area contributed by atoms with Crippen LogP contribution in [0.3, 0.4) is 0 Å². The van der Waals surface area contributed by atoms with E-state index in [9.17, 15) is 33.1 Å². The van der Waals surface area contributed by atoms with E-state index >= 15 is 0 Å². The van der Waals surface area contributed by atoms with Gasteiger partial charge >= 0.3 is 11.9 Å². The predicted molar refractivity (Wildman–Crippen MR) is 238 cm³/mol. The number of esters is 1. The van der Waals surface area contributed by atoms with Crippen LogP contribution < -0.4 is 10.6 Å². The van der Waals surface area contributed by atoms with Crippen molar-refractivity contribution in [2.45, 2.75) is 66.5 Å². The monoisotopic (exact) mass is 884 g/mol. The van der Waals surface area contributed by atoms with Gasteiger partial charge in [-0.05, 0) is 110 Å². The number of carbonyl (C=O) groups excluding carboxylic acids is 3. The van der Waals surface area contributed by atoms with E-state index in [4.69, 9.17) is 4.74 Å². The number of carboxylic acids is 1. The van der Waals surface area contributed by atoms with Crippen LogP contribution in [0.5, 0.6) is 0 Å². The van der Waals surface area contributed by atoms with E-state index in [1.807, 2.05) is 0 Å². The fourth-order valence-electron chi connectivity index (χ4n) is 7.11. The van der Waals surface area contributed by atoms with Gasteiger partial charge in [-0.1, -0.05) is 14.9 Å². The third kappa shape index (κ3) is 9.09. The number of fused-ring (bicyclic) bond motifs is 2. The van der Waals surface area contributed by atoms with Crippen molar-refractivity contribution >= 4 is 35.0 Å². The molecule has 0 atom stereocenters. The fraction of sp³-hybridized carbons (Fsp3) is 0.234. The fourth-order valence-corrected chi connectivity index (χ4v) is 7.11. The largest absolute Gasteiger partial charge is 0.478 e. The summed E-state index contributed by atoms with van der Waals surface area (Å²) in [6.45, 7) is 3.56. The van der Waals surface area contributed by atoms with Gasteiger partial charge in [0.2, 0.25) is 0 Å². The standard InChI is InChI=1S/C23H20FN5O3.C22H18FN5O3.2CH4/c1-13-7-19(24)18(22(30)27-16-4-5-16)8-17(13)15-9-26-29(12-15)21-10-25-20-6-3-14(11-28(20)21)23(31)32-2;1-12-6-18(23)17(21(29)26-15-3-4-15)7-16(12)14-8-25-28(11-14)20-9-24-19-5-2-13(22(30)31)10-27(19)20;;/h3,6-12,16H,4-5H2,1-2H3,(H,27,30);2,5-11,15H,3-4H2,1H3,(H,26,29)(H,30,31);2*1H4. The maximum absolute atomic E-state index is 14.5. The molecule has 2 aliphatic carbocycles. The van der Waals surface area contributed by atoms with E-state index in [0.29, 0.717) is 56.3 Å². The van der Waals surface area contributed by atoms with Gasteiger partial charge in [-0.2, -0.15) is 10.2 Å². The molecule has 2 aliphatic rings. The minimum Gasteiger partial charge on any atom is -0.478 e. The number of halogens is 2. The first-order valence-corrected chi connectivity index (χ1v) is 19.9. The third-order valence-electron chi connectivity index (χ3n) is 10.8. The molecule has 0 aliphatic heterocycles. The second kappa shape index (κ2) is 18.0. The van der Waals surface area contributed by atoms with Crippen molar-refractivity contribution in [2.24, 2.45) is 0 Å². The van der Waals surface area contributed by atoms with Gasteiger partial charge < -0.3 is 20.5 Å². The number of aromatic nitrogens is 8. The first-order valence-electron chi connectivity index (χ1n) is 19.9. The first kappa shape index (κ1) is 45.0. The first-order chi connectivity index (χ1) is 30.3. The minimum atomic E-state index is -1.04. The Morgan fingerprint density at radius 2 is 1.08 bits per heavy atom. The number of amides is 2. The summed E-state index contributed by atoms with van der Waals surface area (Å²) in [6.07, 6.45) is 16.8. The highest BCUT2D eigenvalue weighted by atomic mass is 19.1. The van der Waals surface area contributed by atoms with Crippen molar-refractivity contribution in [3.63, 3.8) is 0 Å². The molecule has 6 heterocycles. The summed E-state index contributed by atoms with van der Waals surface area (Å²) < 4.78 is 40.2. The number of nitrogens with one attached hydrogen (secondary N) is 2. The third-order valence-corrected chi connectivity index (χ3v) is 10.8. The van der Waals surface area contributed by atoms with E-state index in [0.717, 1.165) is 31.2 Å². The van der Waals surface area contributed by atoms with Crippen LogP contribution in [0.1, 0.15) is 93.1 Å². The van der Waals surface area contributed by atoms with Crippen LogP contribution in [0.15, 0.2) is 98.1 Å². The highest BCUT2D eigenvalue weighted by Gasteiger charge is 2.27. The Hall–Kier alpha value is -8.02. The normalized spacial score (nSPS) is 13.0. The zero-order valence-electron chi connectivity index (χ0n) is 34.0. The zero-order valence-corrected chi connectivity index (χ0v) is 34.0. The molecular formula is C47H46F2N10O6. The number of nitrogens with zero attached hydrogens (tertiary/aromatic N) is 8. The molecule has 10 rings (SSSR count). The van der Waals surface area contributed by atoms with Gasteiger partial charge in [-0.25, -0.2) is 37.7 Å². The van der Waals surface area contributed by atoms with E-state index in [2.05, 4.69) is 30.8 Å².